The van der Waals surface area contributed by atoms with Crippen molar-refractivity contribution in [2.75, 3.05) is 32.6 Å². The van der Waals surface area contributed by atoms with Crippen LogP contribution in [0.5, 0.6) is 5.75 Å². The van der Waals surface area contributed by atoms with Crippen LogP contribution in [0.3, 0.4) is 0 Å². The lowest BCUT2D eigenvalue weighted by atomic mass is 10.2. The summed E-state index contributed by atoms with van der Waals surface area (Å²) in [4.78, 5) is 14.3. The molecule has 0 fully saturated rings. The van der Waals surface area contributed by atoms with E-state index in [4.69, 9.17) is 4.74 Å². The van der Waals surface area contributed by atoms with Crippen molar-refractivity contribution in [2.24, 2.45) is 0 Å². The number of benzene rings is 2. The minimum absolute atomic E-state index is 0.133. The summed E-state index contributed by atoms with van der Waals surface area (Å²) in [6.07, 6.45) is 0.981. The van der Waals surface area contributed by atoms with Gasteiger partial charge in [-0.3, -0.25) is 4.79 Å². The summed E-state index contributed by atoms with van der Waals surface area (Å²) in [5.74, 6) is 0.676. The first-order valence-electron chi connectivity index (χ1n) is 7.49. The Hall–Kier alpha value is -1.85. The maximum absolute atomic E-state index is 12.2. The van der Waals surface area contributed by atoms with Crippen LogP contribution < -0.4 is 10.1 Å². The van der Waals surface area contributed by atoms with Crippen LogP contribution in [-0.2, 0) is 0 Å². The second-order valence-electron chi connectivity index (χ2n) is 5.49. The highest BCUT2D eigenvalue weighted by Gasteiger charge is 2.06. The Morgan fingerprint density at radius 2 is 1.91 bits per heavy atom. The predicted octanol–water partition coefficient (Wildman–Crippen LogP) is 4.03. The summed E-state index contributed by atoms with van der Waals surface area (Å²) in [6, 6.07) is 14.7. The monoisotopic (exact) mass is 376 g/mol. The number of halogens is 1. The highest BCUT2D eigenvalue weighted by Crippen LogP contribution is 2.18. The average molecular weight is 377 g/mol. The lowest BCUT2D eigenvalue weighted by molar-refractivity contribution is 0.102. The standard InChI is InChI=1S/C18H21BrN2O2/c1-21(2)11-4-12-23-17-9-7-16(8-10-17)20-18(22)14-5-3-6-15(19)13-14/h3,5-10,13H,4,11-12H2,1-2H3,(H,20,22). The van der Waals surface area contributed by atoms with E-state index in [1.807, 2.05) is 50.5 Å². The quantitative estimate of drug-likeness (QED) is 0.741. The molecule has 4 nitrogen and oxygen atoms in total. The van der Waals surface area contributed by atoms with Gasteiger partial charge in [-0.25, -0.2) is 0 Å². The number of ether oxygens (including phenoxy) is 1. The molecule has 1 amide bonds. The topological polar surface area (TPSA) is 41.6 Å². The second kappa shape index (κ2) is 8.70. The normalized spacial score (nSPS) is 10.6. The van der Waals surface area contributed by atoms with Crippen molar-refractivity contribution in [3.05, 3.63) is 58.6 Å². The van der Waals surface area contributed by atoms with Crippen LogP contribution in [0, 0.1) is 0 Å². The molecule has 122 valence electrons. The van der Waals surface area contributed by atoms with E-state index in [0.29, 0.717) is 12.2 Å². The van der Waals surface area contributed by atoms with E-state index in [0.717, 1.165) is 28.9 Å². The van der Waals surface area contributed by atoms with Gasteiger partial charge >= 0.3 is 0 Å². The summed E-state index contributed by atoms with van der Waals surface area (Å²) >= 11 is 3.36. The van der Waals surface area contributed by atoms with Crippen molar-refractivity contribution in [3.8, 4) is 5.75 Å². The van der Waals surface area contributed by atoms with Crippen LogP contribution in [0.2, 0.25) is 0 Å². The minimum Gasteiger partial charge on any atom is -0.494 e. The Morgan fingerprint density at radius 1 is 1.17 bits per heavy atom. The molecule has 0 bridgehead atoms. The molecule has 2 rings (SSSR count). The summed E-state index contributed by atoms with van der Waals surface area (Å²) in [6.45, 7) is 1.68. The summed E-state index contributed by atoms with van der Waals surface area (Å²) in [5.41, 5.74) is 1.36. The van der Waals surface area contributed by atoms with E-state index in [1.54, 1.807) is 12.1 Å². The molecule has 0 aromatic heterocycles. The second-order valence-corrected chi connectivity index (χ2v) is 6.41. The van der Waals surface area contributed by atoms with E-state index in [2.05, 4.69) is 26.1 Å². The Bertz CT molecular complexity index is 642. The molecule has 2 aromatic rings. The largest absolute Gasteiger partial charge is 0.494 e. The molecule has 23 heavy (non-hydrogen) atoms. The van der Waals surface area contributed by atoms with E-state index in [9.17, 15) is 4.79 Å². The summed E-state index contributed by atoms with van der Waals surface area (Å²) < 4.78 is 6.55. The van der Waals surface area contributed by atoms with Crippen LogP contribution in [0.4, 0.5) is 5.69 Å². The van der Waals surface area contributed by atoms with Crippen LogP contribution >= 0.6 is 15.9 Å². The molecular formula is C18H21BrN2O2. The fourth-order valence-electron chi connectivity index (χ4n) is 2.04. The number of carbonyl (C=O) groups is 1. The van der Waals surface area contributed by atoms with E-state index in [-0.39, 0.29) is 5.91 Å². The Labute approximate surface area is 145 Å². The minimum atomic E-state index is -0.133. The zero-order valence-electron chi connectivity index (χ0n) is 13.4. The van der Waals surface area contributed by atoms with Gasteiger partial charge in [0, 0.05) is 22.3 Å². The van der Waals surface area contributed by atoms with Crippen molar-refractivity contribution < 1.29 is 9.53 Å². The molecule has 0 spiro atoms. The van der Waals surface area contributed by atoms with Gasteiger partial charge in [0.15, 0.2) is 0 Å². The van der Waals surface area contributed by atoms with Crippen LogP contribution in [0.1, 0.15) is 16.8 Å². The van der Waals surface area contributed by atoms with Gasteiger partial charge in [0.25, 0.3) is 5.91 Å². The number of carbonyl (C=O) groups excluding carboxylic acids is 1. The molecule has 0 radical (unpaired) electrons. The third kappa shape index (κ3) is 6.04. The zero-order chi connectivity index (χ0) is 16.7. The molecule has 5 heteroatoms. The number of anilines is 1. The highest BCUT2D eigenvalue weighted by molar-refractivity contribution is 9.10. The van der Waals surface area contributed by atoms with E-state index >= 15 is 0 Å². The first kappa shape index (κ1) is 17.5. The van der Waals surface area contributed by atoms with Gasteiger partial charge in [-0.2, -0.15) is 0 Å². The van der Waals surface area contributed by atoms with Gasteiger partial charge in [0.05, 0.1) is 6.61 Å². The van der Waals surface area contributed by atoms with Crippen LogP contribution in [0.15, 0.2) is 53.0 Å². The molecule has 0 aliphatic heterocycles. The average Bonchev–Trinajstić information content (AvgIpc) is 2.53. The Balaban J connectivity index is 1.86. The SMILES string of the molecule is CN(C)CCCOc1ccc(NC(=O)c2cccc(Br)c2)cc1. The number of hydrogen-bond donors (Lipinski definition) is 1. The molecule has 0 unspecified atom stereocenters. The molecule has 0 saturated carbocycles. The van der Waals surface area contributed by atoms with Crippen molar-refractivity contribution in [2.45, 2.75) is 6.42 Å². The van der Waals surface area contributed by atoms with Gasteiger partial charge in [-0.15, -0.1) is 0 Å². The zero-order valence-corrected chi connectivity index (χ0v) is 15.0. The number of hydrogen-bond acceptors (Lipinski definition) is 3. The lowest BCUT2D eigenvalue weighted by Crippen LogP contribution is -2.15. The van der Waals surface area contributed by atoms with E-state index in [1.165, 1.54) is 0 Å². The highest BCUT2D eigenvalue weighted by atomic mass is 79.9. The number of nitrogens with one attached hydrogen (secondary N) is 1. The number of rotatable bonds is 7. The predicted molar refractivity (Wildman–Crippen MR) is 97.2 cm³/mol. The maximum atomic E-state index is 12.2. The van der Waals surface area contributed by atoms with Crippen molar-refractivity contribution in [1.29, 1.82) is 0 Å². The van der Waals surface area contributed by atoms with Crippen LogP contribution in [-0.4, -0.2) is 38.1 Å². The van der Waals surface area contributed by atoms with Crippen molar-refractivity contribution in [3.63, 3.8) is 0 Å². The van der Waals surface area contributed by atoms with Crippen molar-refractivity contribution >= 4 is 27.5 Å². The molecule has 1 N–H and O–H groups in total. The fraction of sp³-hybridized carbons (Fsp3) is 0.278. The van der Waals surface area contributed by atoms with Gasteiger partial charge < -0.3 is 15.0 Å². The fourth-order valence-corrected chi connectivity index (χ4v) is 2.44. The van der Waals surface area contributed by atoms with Gasteiger partial charge in [-0.1, -0.05) is 22.0 Å². The molecule has 0 saturated heterocycles. The molecule has 0 aliphatic carbocycles. The van der Waals surface area contributed by atoms with E-state index < -0.39 is 0 Å². The maximum Gasteiger partial charge on any atom is 0.255 e. The van der Waals surface area contributed by atoms with Gasteiger partial charge in [0.2, 0.25) is 0 Å². The third-order valence-corrected chi connectivity index (χ3v) is 3.71. The molecule has 0 aliphatic rings. The molecule has 0 atom stereocenters. The first-order valence-corrected chi connectivity index (χ1v) is 8.28. The third-order valence-electron chi connectivity index (χ3n) is 3.22. The molecule has 0 heterocycles. The molecule has 2 aromatic carbocycles. The smallest absolute Gasteiger partial charge is 0.255 e. The Morgan fingerprint density at radius 3 is 2.57 bits per heavy atom. The van der Waals surface area contributed by atoms with Gasteiger partial charge in [0.1, 0.15) is 5.75 Å². The number of amides is 1. The lowest BCUT2D eigenvalue weighted by Gasteiger charge is -2.11. The Kier molecular flexibility index (Phi) is 6.62. The van der Waals surface area contributed by atoms with Crippen molar-refractivity contribution in [1.82, 2.24) is 4.90 Å². The first-order chi connectivity index (χ1) is 11.0. The van der Waals surface area contributed by atoms with Gasteiger partial charge in [-0.05, 0) is 63.0 Å². The summed E-state index contributed by atoms with van der Waals surface area (Å²) in [5, 5.41) is 2.87. The van der Waals surface area contributed by atoms with Crippen LogP contribution in [0.25, 0.3) is 0 Å². The molecular weight excluding hydrogens is 356 g/mol. The summed E-state index contributed by atoms with van der Waals surface area (Å²) in [7, 11) is 4.09. The number of nitrogens with zero attached hydrogens (tertiary/aromatic N) is 1.